The summed E-state index contributed by atoms with van der Waals surface area (Å²) in [4.78, 5) is 9.04. The van der Waals surface area contributed by atoms with Crippen LogP contribution in [0.4, 0.5) is 5.69 Å². The highest BCUT2D eigenvalue weighted by Gasteiger charge is 2.07. The number of hydrogen-bond donors (Lipinski definition) is 1. The Labute approximate surface area is 140 Å². The zero-order valence-corrected chi connectivity index (χ0v) is 14.6. The van der Waals surface area contributed by atoms with E-state index in [4.69, 9.17) is 0 Å². The van der Waals surface area contributed by atoms with Crippen LogP contribution < -0.4 is 5.32 Å². The molecule has 21 heavy (non-hydrogen) atoms. The highest BCUT2D eigenvalue weighted by atomic mass is 79.9. The first-order valence-corrected chi connectivity index (χ1v) is 8.12. The smallest absolute Gasteiger partial charge is 0.0890 e. The Morgan fingerprint density at radius 1 is 1.05 bits per heavy atom. The van der Waals surface area contributed by atoms with E-state index in [2.05, 4.69) is 66.2 Å². The van der Waals surface area contributed by atoms with Gasteiger partial charge in [0.25, 0.3) is 0 Å². The van der Waals surface area contributed by atoms with E-state index < -0.39 is 0 Å². The number of para-hydroxylation sites is 2. The van der Waals surface area contributed by atoms with Crippen LogP contribution in [0.1, 0.15) is 11.3 Å². The first-order chi connectivity index (χ1) is 10.1. The van der Waals surface area contributed by atoms with Crippen molar-refractivity contribution in [2.24, 2.45) is 0 Å². The number of aryl methyl sites for hydroxylation is 1. The standard InChI is InChI=1S/C16H13Br2N3/c1-10-6-12(17)16(13(18)7-10)20-9-11-8-19-14-4-2-3-5-15(14)21-11/h2-8,20H,9H2,1H3. The number of halogens is 2. The molecular formula is C16H13Br2N3. The molecule has 0 aliphatic heterocycles. The van der Waals surface area contributed by atoms with Crippen LogP contribution in [-0.4, -0.2) is 9.97 Å². The highest BCUT2D eigenvalue weighted by molar-refractivity contribution is 9.11. The molecule has 0 unspecified atom stereocenters. The van der Waals surface area contributed by atoms with Gasteiger partial charge in [0.15, 0.2) is 0 Å². The maximum atomic E-state index is 4.61. The van der Waals surface area contributed by atoms with E-state index >= 15 is 0 Å². The minimum absolute atomic E-state index is 0.623. The molecule has 0 aliphatic rings. The first kappa shape index (κ1) is 14.5. The van der Waals surface area contributed by atoms with Gasteiger partial charge in [0.05, 0.1) is 35.2 Å². The van der Waals surface area contributed by atoms with Gasteiger partial charge in [0, 0.05) is 8.95 Å². The second-order valence-electron chi connectivity index (χ2n) is 4.81. The van der Waals surface area contributed by atoms with Crippen LogP contribution in [0.15, 0.2) is 51.5 Å². The van der Waals surface area contributed by atoms with Gasteiger partial charge in [0.1, 0.15) is 0 Å². The van der Waals surface area contributed by atoms with Gasteiger partial charge in [-0.15, -0.1) is 0 Å². The number of nitrogens with zero attached hydrogens (tertiary/aromatic N) is 2. The molecule has 0 saturated heterocycles. The van der Waals surface area contributed by atoms with Crippen molar-refractivity contribution in [1.29, 1.82) is 0 Å². The first-order valence-electron chi connectivity index (χ1n) is 6.53. The summed E-state index contributed by atoms with van der Waals surface area (Å²) in [6.45, 7) is 2.69. The number of hydrogen-bond acceptors (Lipinski definition) is 3. The molecule has 0 atom stereocenters. The summed E-state index contributed by atoms with van der Waals surface area (Å²) in [6.07, 6.45) is 1.81. The summed E-state index contributed by atoms with van der Waals surface area (Å²) in [5, 5.41) is 3.39. The zero-order valence-electron chi connectivity index (χ0n) is 11.4. The lowest BCUT2D eigenvalue weighted by atomic mass is 10.2. The van der Waals surface area contributed by atoms with Crippen molar-refractivity contribution in [3.05, 3.63) is 62.8 Å². The van der Waals surface area contributed by atoms with E-state index in [0.717, 1.165) is 31.4 Å². The Kier molecular flexibility index (Phi) is 4.22. The fraction of sp³-hybridized carbons (Fsp3) is 0.125. The third-order valence-electron chi connectivity index (χ3n) is 3.13. The fourth-order valence-corrected chi connectivity index (χ4v) is 3.82. The van der Waals surface area contributed by atoms with E-state index in [-0.39, 0.29) is 0 Å². The molecule has 3 rings (SSSR count). The molecule has 106 valence electrons. The highest BCUT2D eigenvalue weighted by Crippen LogP contribution is 2.32. The Morgan fingerprint density at radius 2 is 1.71 bits per heavy atom. The van der Waals surface area contributed by atoms with Crippen molar-refractivity contribution in [1.82, 2.24) is 9.97 Å². The molecule has 1 N–H and O–H groups in total. The van der Waals surface area contributed by atoms with Crippen molar-refractivity contribution in [2.75, 3.05) is 5.32 Å². The second kappa shape index (κ2) is 6.12. The Bertz CT molecular complexity index is 779. The molecule has 0 amide bonds. The van der Waals surface area contributed by atoms with Crippen LogP contribution in [0.5, 0.6) is 0 Å². The molecule has 0 spiro atoms. The lowest BCUT2D eigenvalue weighted by Crippen LogP contribution is -2.04. The Hall–Kier alpha value is -1.46. The van der Waals surface area contributed by atoms with Crippen LogP contribution in [0.25, 0.3) is 11.0 Å². The fourth-order valence-electron chi connectivity index (χ4n) is 2.13. The van der Waals surface area contributed by atoms with Gasteiger partial charge >= 0.3 is 0 Å². The summed E-state index contributed by atoms with van der Waals surface area (Å²) in [7, 11) is 0. The number of anilines is 1. The molecule has 5 heteroatoms. The van der Waals surface area contributed by atoms with Crippen molar-refractivity contribution in [2.45, 2.75) is 13.5 Å². The molecule has 0 aliphatic carbocycles. The molecule has 2 aromatic carbocycles. The molecule has 1 aromatic heterocycles. The molecular weight excluding hydrogens is 394 g/mol. The second-order valence-corrected chi connectivity index (χ2v) is 6.52. The van der Waals surface area contributed by atoms with Crippen LogP contribution in [0, 0.1) is 6.92 Å². The lowest BCUT2D eigenvalue weighted by Gasteiger charge is -2.11. The molecule has 0 fully saturated rings. The Balaban J connectivity index is 1.83. The van der Waals surface area contributed by atoms with Gasteiger partial charge < -0.3 is 5.32 Å². The van der Waals surface area contributed by atoms with Crippen LogP contribution in [-0.2, 0) is 6.54 Å². The largest absolute Gasteiger partial charge is 0.377 e. The van der Waals surface area contributed by atoms with Crippen molar-refractivity contribution in [3.8, 4) is 0 Å². The molecule has 1 heterocycles. The quantitative estimate of drug-likeness (QED) is 0.659. The monoisotopic (exact) mass is 405 g/mol. The predicted octanol–water partition coefficient (Wildman–Crippen LogP) is 5.08. The van der Waals surface area contributed by atoms with E-state index in [0.29, 0.717) is 6.54 Å². The molecule has 3 aromatic rings. The summed E-state index contributed by atoms with van der Waals surface area (Å²) in [5.74, 6) is 0. The molecule has 0 saturated carbocycles. The van der Waals surface area contributed by atoms with Gasteiger partial charge in [-0.1, -0.05) is 12.1 Å². The minimum atomic E-state index is 0.623. The maximum absolute atomic E-state index is 4.61. The molecule has 3 nitrogen and oxygen atoms in total. The third kappa shape index (κ3) is 3.24. The van der Waals surface area contributed by atoms with Gasteiger partial charge in [-0.25, -0.2) is 4.98 Å². The summed E-state index contributed by atoms with van der Waals surface area (Å²) in [6, 6.07) is 12.0. The van der Waals surface area contributed by atoms with Crippen molar-refractivity contribution >= 4 is 48.6 Å². The van der Waals surface area contributed by atoms with Gasteiger partial charge in [-0.3, -0.25) is 4.98 Å². The topological polar surface area (TPSA) is 37.8 Å². The van der Waals surface area contributed by atoms with E-state index in [1.807, 2.05) is 30.5 Å². The van der Waals surface area contributed by atoms with Crippen molar-refractivity contribution in [3.63, 3.8) is 0 Å². The van der Waals surface area contributed by atoms with Crippen LogP contribution >= 0.6 is 31.9 Å². The summed E-state index contributed by atoms with van der Waals surface area (Å²) in [5.41, 5.74) is 4.96. The lowest BCUT2D eigenvalue weighted by molar-refractivity contribution is 1.04. The van der Waals surface area contributed by atoms with E-state index in [9.17, 15) is 0 Å². The average molecular weight is 407 g/mol. The average Bonchev–Trinajstić information content (AvgIpc) is 2.46. The number of aromatic nitrogens is 2. The van der Waals surface area contributed by atoms with Crippen LogP contribution in [0.2, 0.25) is 0 Å². The summed E-state index contributed by atoms with van der Waals surface area (Å²) < 4.78 is 2.06. The minimum Gasteiger partial charge on any atom is -0.377 e. The summed E-state index contributed by atoms with van der Waals surface area (Å²) >= 11 is 7.17. The molecule has 0 radical (unpaired) electrons. The van der Waals surface area contributed by atoms with Gasteiger partial charge in [0.2, 0.25) is 0 Å². The number of rotatable bonds is 3. The molecule has 0 bridgehead atoms. The maximum Gasteiger partial charge on any atom is 0.0890 e. The van der Waals surface area contributed by atoms with Gasteiger partial charge in [-0.05, 0) is 68.6 Å². The van der Waals surface area contributed by atoms with E-state index in [1.165, 1.54) is 5.56 Å². The number of nitrogens with one attached hydrogen (secondary N) is 1. The SMILES string of the molecule is Cc1cc(Br)c(NCc2cnc3ccccc3n2)c(Br)c1. The van der Waals surface area contributed by atoms with Crippen molar-refractivity contribution < 1.29 is 0 Å². The van der Waals surface area contributed by atoms with Gasteiger partial charge in [-0.2, -0.15) is 0 Å². The number of benzene rings is 2. The normalized spacial score (nSPS) is 10.8. The van der Waals surface area contributed by atoms with E-state index in [1.54, 1.807) is 0 Å². The van der Waals surface area contributed by atoms with Crippen LogP contribution in [0.3, 0.4) is 0 Å². The third-order valence-corrected chi connectivity index (χ3v) is 4.38. The zero-order chi connectivity index (χ0) is 14.8. The predicted molar refractivity (Wildman–Crippen MR) is 93.4 cm³/mol. The number of fused-ring (bicyclic) bond motifs is 1. The Morgan fingerprint density at radius 3 is 2.43 bits per heavy atom.